The lowest BCUT2D eigenvalue weighted by Gasteiger charge is -2.53. The minimum absolute atomic E-state index is 0.0811. The molecule has 2 saturated heterocycles. The van der Waals surface area contributed by atoms with Crippen LogP contribution in [0.5, 0.6) is 5.75 Å². The highest BCUT2D eigenvalue weighted by molar-refractivity contribution is 5.77. The number of pyridine rings is 2. The molecule has 2 aliphatic heterocycles. The van der Waals surface area contributed by atoms with Crippen molar-refractivity contribution in [3.63, 3.8) is 0 Å². The maximum Gasteiger partial charge on any atom is 0.165 e. The summed E-state index contributed by atoms with van der Waals surface area (Å²) in [7, 11) is 0. The van der Waals surface area contributed by atoms with Crippen molar-refractivity contribution in [3.05, 3.63) is 65.2 Å². The average molecular weight is 472 g/mol. The van der Waals surface area contributed by atoms with Gasteiger partial charge in [-0.15, -0.1) is 0 Å². The zero-order valence-corrected chi connectivity index (χ0v) is 19.2. The minimum Gasteiger partial charge on any atom is -0.489 e. The predicted octanol–water partition coefficient (Wildman–Crippen LogP) is 5.04. The second-order valence-electron chi connectivity index (χ2n) is 9.51. The zero-order chi connectivity index (χ0) is 23.8. The van der Waals surface area contributed by atoms with Crippen LogP contribution in [0.2, 0.25) is 0 Å². The molecule has 0 amide bonds. The molecule has 0 radical (unpaired) electrons. The molecule has 1 saturated carbocycles. The van der Waals surface area contributed by atoms with Crippen molar-refractivity contribution in [2.45, 2.75) is 56.6 Å². The number of fused-ring (bicyclic) bond motifs is 4. The van der Waals surface area contributed by atoms with E-state index in [1.54, 1.807) is 0 Å². The van der Waals surface area contributed by atoms with Crippen LogP contribution < -0.4 is 10.1 Å². The Balaban J connectivity index is 1.16. The van der Waals surface area contributed by atoms with Crippen LogP contribution in [0.25, 0.3) is 11.0 Å². The summed E-state index contributed by atoms with van der Waals surface area (Å²) in [6.07, 6.45) is 6.22. The monoisotopic (exact) mass is 471 g/mol. The van der Waals surface area contributed by atoms with Gasteiger partial charge in [0.05, 0.1) is 29.4 Å². The van der Waals surface area contributed by atoms with Gasteiger partial charge in [-0.1, -0.05) is 0 Å². The third-order valence-corrected chi connectivity index (χ3v) is 7.26. The van der Waals surface area contributed by atoms with Crippen LogP contribution in [0.1, 0.15) is 43.4 Å². The van der Waals surface area contributed by atoms with Crippen LogP contribution in [0, 0.1) is 24.4 Å². The van der Waals surface area contributed by atoms with Crippen LogP contribution in [0.3, 0.4) is 0 Å². The molecular weight excluding hydrogens is 443 g/mol. The molecule has 180 valence electrons. The van der Waals surface area contributed by atoms with Gasteiger partial charge in [-0.3, -0.25) is 9.97 Å². The van der Waals surface area contributed by atoms with E-state index in [2.05, 4.69) is 15.3 Å². The summed E-state index contributed by atoms with van der Waals surface area (Å²) < 4.78 is 53.4. The lowest BCUT2D eigenvalue weighted by molar-refractivity contribution is -0.165. The Morgan fingerprint density at radius 2 is 1.88 bits per heavy atom. The van der Waals surface area contributed by atoms with Crippen LogP contribution in [-0.2, 0) is 11.2 Å². The fraction of sp³-hybridized carbons (Fsp3) is 0.462. The van der Waals surface area contributed by atoms with Gasteiger partial charge >= 0.3 is 0 Å². The molecule has 3 aromatic rings. The Labute approximate surface area is 196 Å². The summed E-state index contributed by atoms with van der Waals surface area (Å²) in [6.45, 7) is 3.20. The molecule has 2 bridgehead atoms. The van der Waals surface area contributed by atoms with Crippen LogP contribution in [-0.4, -0.2) is 40.9 Å². The summed E-state index contributed by atoms with van der Waals surface area (Å²) in [5, 5.41) is 3.51. The van der Waals surface area contributed by atoms with Gasteiger partial charge in [0.1, 0.15) is 18.2 Å². The van der Waals surface area contributed by atoms with Gasteiger partial charge in [-0.25, -0.2) is 13.2 Å². The van der Waals surface area contributed by atoms with Crippen LogP contribution in [0.15, 0.2) is 36.5 Å². The van der Waals surface area contributed by atoms with Gasteiger partial charge in [0.25, 0.3) is 0 Å². The molecule has 0 unspecified atom stereocenters. The lowest BCUT2D eigenvalue weighted by Crippen LogP contribution is -2.62. The van der Waals surface area contributed by atoms with Gasteiger partial charge in [0.2, 0.25) is 0 Å². The molecule has 4 heterocycles. The number of nitrogens with zero attached hydrogens (tertiary/aromatic N) is 2. The van der Waals surface area contributed by atoms with Crippen molar-refractivity contribution in [1.29, 1.82) is 0 Å². The number of hydrogen-bond donors (Lipinski definition) is 1. The highest BCUT2D eigenvalue weighted by Crippen LogP contribution is 2.46. The topological polar surface area (TPSA) is 56.3 Å². The molecule has 34 heavy (non-hydrogen) atoms. The van der Waals surface area contributed by atoms with Crippen molar-refractivity contribution < 1.29 is 22.6 Å². The Bertz CT molecular complexity index is 1170. The van der Waals surface area contributed by atoms with E-state index < -0.39 is 11.6 Å². The van der Waals surface area contributed by atoms with Gasteiger partial charge in [-0.2, -0.15) is 0 Å². The molecule has 3 aliphatic rings. The molecule has 3 fully saturated rings. The average Bonchev–Trinajstić information content (AvgIpc) is 2.84. The molecule has 6 rings (SSSR count). The first kappa shape index (κ1) is 23.1. The Kier molecular flexibility index (Phi) is 6.20. The second-order valence-corrected chi connectivity index (χ2v) is 9.51. The number of ether oxygens (including phenoxy) is 2. The van der Waals surface area contributed by atoms with E-state index in [-0.39, 0.29) is 29.3 Å². The largest absolute Gasteiger partial charge is 0.489 e. The number of aryl methyl sites for hydroxylation is 2. The molecule has 1 aromatic carbocycles. The van der Waals surface area contributed by atoms with E-state index in [0.29, 0.717) is 36.2 Å². The fourth-order valence-corrected chi connectivity index (χ4v) is 5.16. The van der Waals surface area contributed by atoms with Crippen molar-refractivity contribution >= 4 is 11.0 Å². The summed E-state index contributed by atoms with van der Waals surface area (Å²) in [4.78, 5) is 8.70. The van der Waals surface area contributed by atoms with E-state index >= 15 is 0 Å². The Morgan fingerprint density at radius 3 is 2.65 bits per heavy atom. The summed E-state index contributed by atoms with van der Waals surface area (Å²) in [5.74, 6) is -1.51. The Hall–Kier alpha value is -2.71. The van der Waals surface area contributed by atoms with Gasteiger partial charge in [0.15, 0.2) is 11.6 Å². The molecule has 0 spiro atoms. The lowest BCUT2D eigenvalue weighted by atomic mass is 9.69. The third-order valence-electron chi connectivity index (χ3n) is 7.26. The molecule has 1 aliphatic carbocycles. The molecule has 1 N–H and O–H groups in total. The quantitative estimate of drug-likeness (QED) is 0.467. The summed E-state index contributed by atoms with van der Waals surface area (Å²) >= 11 is 0. The molecule has 0 atom stereocenters. The molecular formula is C26H28F3N3O2. The molecule has 5 nitrogen and oxygen atoms in total. The van der Waals surface area contributed by atoms with E-state index in [9.17, 15) is 13.2 Å². The van der Waals surface area contributed by atoms with E-state index in [1.165, 1.54) is 6.20 Å². The maximum absolute atomic E-state index is 14.6. The summed E-state index contributed by atoms with van der Waals surface area (Å²) in [5.41, 5.74) is 2.39. The number of hydrogen-bond acceptors (Lipinski definition) is 5. The SMILES string of the molecule is Cc1ccc2ncc(F)c(CCC34CCC(NCCOc5cc(F)ccc5F)(CC3)CO4)c2n1. The number of rotatable bonds is 8. The highest BCUT2D eigenvalue weighted by Gasteiger charge is 2.49. The van der Waals surface area contributed by atoms with Crippen molar-refractivity contribution in [1.82, 2.24) is 15.3 Å². The van der Waals surface area contributed by atoms with Crippen molar-refractivity contribution in [2.24, 2.45) is 0 Å². The second kappa shape index (κ2) is 9.15. The summed E-state index contributed by atoms with van der Waals surface area (Å²) in [6, 6.07) is 6.94. The van der Waals surface area contributed by atoms with E-state index in [1.807, 2.05) is 19.1 Å². The van der Waals surface area contributed by atoms with Crippen LogP contribution in [0.4, 0.5) is 13.2 Å². The van der Waals surface area contributed by atoms with Gasteiger partial charge < -0.3 is 14.8 Å². The first-order valence-electron chi connectivity index (χ1n) is 11.7. The predicted molar refractivity (Wildman–Crippen MR) is 122 cm³/mol. The Morgan fingerprint density at radius 1 is 1.06 bits per heavy atom. The van der Waals surface area contributed by atoms with E-state index in [0.717, 1.165) is 56.0 Å². The number of aromatic nitrogens is 2. The number of benzene rings is 1. The normalized spacial score (nSPS) is 24.0. The molecule has 2 aromatic heterocycles. The van der Waals surface area contributed by atoms with Crippen molar-refractivity contribution in [2.75, 3.05) is 19.8 Å². The minimum atomic E-state index is -0.577. The smallest absolute Gasteiger partial charge is 0.165 e. The number of nitrogens with one attached hydrogen (secondary N) is 1. The van der Waals surface area contributed by atoms with Gasteiger partial charge in [-0.05, 0) is 69.7 Å². The fourth-order valence-electron chi connectivity index (χ4n) is 5.16. The van der Waals surface area contributed by atoms with E-state index in [4.69, 9.17) is 9.47 Å². The number of halogens is 3. The van der Waals surface area contributed by atoms with Gasteiger partial charge in [0, 0.05) is 29.4 Å². The first-order chi connectivity index (χ1) is 16.4. The zero-order valence-electron chi connectivity index (χ0n) is 19.2. The van der Waals surface area contributed by atoms with Crippen LogP contribution >= 0.6 is 0 Å². The highest BCUT2D eigenvalue weighted by atomic mass is 19.1. The molecule has 8 heteroatoms. The first-order valence-corrected chi connectivity index (χ1v) is 11.7. The maximum atomic E-state index is 14.6. The third kappa shape index (κ3) is 4.61. The standard InChI is InChI=1S/C26H28F3N3O2/c1-17-2-5-22-24(32-17)19(21(29)15-30-22)6-7-26-10-8-25(9-11-26,16-34-26)31-12-13-33-23-14-18(27)3-4-20(23)28/h2-5,14-15,31H,6-13,16H2,1H3. The van der Waals surface area contributed by atoms with Crippen molar-refractivity contribution in [3.8, 4) is 5.75 Å².